The number of nitrogens with zero attached hydrogens (tertiary/aromatic N) is 4. The van der Waals surface area contributed by atoms with Gasteiger partial charge in [-0.05, 0) is 36.6 Å². The Morgan fingerprint density at radius 3 is 1.88 bits per heavy atom. The Morgan fingerprint density at radius 2 is 1.31 bits per heavy atom. The Labute approximate surface area is 189 Å². The summed E-state index contributed by atoms with van der Waals surface area (Å²) in [5.74, 6) is 0.599. The molecule has 1 aliphatic rings. The average molecular weight is 475 g/mol. The topological polar surface area (TPSA) is 92.6 Å². The van der Waals surface area contributed by atoms with Crippen LogP contribution in [-0.4, -0.2) is 61.2 Å². The molecule has 0 amide bonds. The minimum absolute atomic E-state index is 0.00897. The lowest BCUT2D eigenvalue weighted by atomic mass is 10.1. The van der Waals surface area contributed by atoms with Crippen LogP contribution in [0.25, 0.3) is 11.1 Å². The molecule has 1 aromatic heterocycles. The van der Waals surface area contributed by atoms with Crippen LogP contribution in [0.2, 0.25) is 0 Å². The minimum Gasteiger partial charge on any atom is -0.337 e. The van der Waals surface area contributed by atoms with Crippen LogP contribution < -0.4 is 0 Å². The van der Waals surface area contributed by atoms with Crippen molar-refractivity contribution in [2.24, 2.45) is 7.05 Å². The summed E-state index contributed by atoms with van der Waals surface area (Å²) in [5.41, 5.74) is 1.94. The summed E-state index contributed by atoms with van der Waals surface area (Å²) in [6.07, 6.45) is 1.89. The highest BCUT2D eigenvalue weighted by molar-refractivity contribution is 7.89. The van der Waals surface area contributed by atoms with Crippen LogP contribution in [0.1, 0.15) is 12.2 Å². The van der Waals surface area contributed by atoms with Crippen molar-refractivity contribution in [3.8, 4) is 11.1 Å². The minimum atomic E-state index is -3.78. The van der Waals surface area contributed by atoms with E-state index in [9.17, 15) is 16.8 Å². The Bertz CT molecular complexity index is 1280. The zero-order chi connectivity index (χ0) is 22.9. The van der Waals surface area contributed by atoms with E-state index in [1.165, 1.54) is 14.8 Å². The maximum Gasteiger partial charge on any atom is 0.262 e. The number of benzene rings is 2. The van der Waals surface area contributed by atoms with Gasteiger partial charge in [-0.2, -0.15) is 8.61 Å². The smallest absolute Gasteiger partial charge is 0.262 e. The van der Waals surface area contributed by atoms with Crippen molar-refractivity contribution in [1.29, 1.82) is 0 Å². The second-order valence-corrected chi connectivity index (χ2v) is 11.6. The van der Waals surface area contributed by atoms with E-state index in [1.54, 1.807) is 42.8 Å². The Kier molecular flexibility index (Phi) is 6.22. The lowest BCUT2D eigenvalue weighted by molar-refractivity contribution is 0.403. The summed E-state index contributed by atoms with van der Waals surface area (Å²) >= 11 is 0. The highest BCUT2D eigenvalue weighted by atomic mass is 32.2. The van der Waals surface area contributed by atoms with Crippen molar-refractivity contribution in [2.45, 2.75) is 23.3 Å². The van der Waals surface area contributed by atoms with Gasteiger partial charge in [0, 0.05) is 39.4 Å². The monoisotopic (exact) mass is 474 g/mol. The molecule has 1 fully saturated rings. The van der Waals surface area contributed by atoms with Crippen LogP contribution in [0.5, 0.6) is 0 Å². The SMILES string of the molecule is Cc1nc(S(=O)(=O)N2CCCN(S(=O)(=O)c3ccc(-c4ccccc4)cc3)CC2)cn1C. The van der Waals surface area contributed by atoms with E-state index in [0.717, 1.165) is 11.1 Å². The predicted molar refractivity (Wildman–Crippen MR) is 122 cm³/mol. The third-order valence-corrected chi connectivity index (χ3v) is 9.39. The summed E-state index contributed by atoms with van der Waals surface area (Å²) in [4.78, 5) is 4.34. The molecule has 0 saturated carbocycles. The summed E-state index contributed by atoms with van der Waals surface area (Å²) in [7, 11) is -5.77. The molecule has 32 heavy (non-hydrogen) atoms. The zero-order valence-electron chi connectivity index (χ0n) is 18.0. The molecular weight excluding hydrogens is 448 g/mol. The standard InChI is InChI=1S/C22H26N4O4S2/c1-18-23-22(17-24(18)2)32(29,30)26-14-6-13-25(15-16-26)31(27,28)21-11-9-20(10-12-21)19-7-4-3-5-8-19/h3-5,7-12,17H,6,13-16H2,1-2H3. The van der Waals surface area contributed by atoms with E-state index < -0.39 is 20.0 Å². The molecule has 0 bridgehead atoms. The Balaban J connectivity index is 1.51. The Hall–Kier alpha value is -2.53. The molecule has 0 N–H and O–H groups in total. The van der Waals surface area contributed by atoms with E-state index >= 15 is 0 Å². The van der Waals surface area contributed by atoms with Gasteiger partial charge in [0.1, 0.15) is 5.82 Å². The number of rotatable bonds is 5. The van der Waals surface area contributed by atoms with E-state index in [0.29, 0.717) is 12.2 Å². The number of imidazole rings is 1. The highest BCUT2D eigenvalue weighted by Gasteiger charge is 2.33. The van der Waals surface area contributed by atoms with Gasteiger partial charge in [0.2, 0.25) is 10.0 Å². The van der Waals surface area contributed by atoms with Gasteiger partial charge >= 0.3 is 0 Å². The molecule has 2 aromatic carbocycles. The first-order valence-corrected chi connectivity index (χ1v) is 13.2. The predicted octanol–water partition coefficient (Wildman–Crippen LogP) is 2.48. The molecule has 170 valence electrons. The van der Waals surface area contributed by atoms with Crippen molar-refractivity contribution < 1.29 is 16.8 Å². The molecule has 0 atom stereocenters. The van der Waals surface area contributed by atoms with Crippen LogP contribution in [-0.2, 0) is 27.1 Å². The van der Waals surface area contributed by atoms with Gasteiger partial charge < -0.3 is 4.57 Å². The highest BCUT2D eigenvalue weighted by Crippen LogP contribution is 2.24. The largest absolute Gasteiger partial charge is 0.337 e. The van der Waals surface area contributed by atoms with Crippen LogP contribution in [0.3, 0.4) is 0 Å². The van der Waals surface area contributed by atoms with Crippen LogP contribution in [0, 0.1) is 6.92 Å². The molecule has 3 aromatic rings. The van der Waals surface area contributed by atoms with Gasteiger partial charge in [0.25, 0.3) is 10.0 Å². The molecule has 2 heterocycles. The molecule has 0 unspecified atom stereocenters. The molecule has 4 rings (SSSR count). The third-order valence-electron chi connectivity index (χ3n) is 5.70. The third kappa shape index (κ3) is 4.36. The van der Waals surface area contributed by atoms with Gasteiger partial charge in [-0.3, -0.25) is 0 Å². The summed E-state index contributed by atoms with van der Waals surface area (Å²) in [6, 6.07) is 16.5. The van der Waals surface area contributed by atoms with E-state index in [1.807, 2.05) is 30.3 Å². The fourth-order valence-corrected chi connectivity index (χ4v) is 6.70. The van der Waals surface area contributed by atoms with Crippen molar-refractivity contribution in [2.75, 3.05) is 26.2 Å². The first-order valence-electron chi connectivity index (χ1n) is 10.4. The van der Waals surface area contributed by atoms with E-state index in [4.69, 9.17) is 0 Å². The van der Waals surface area contributed by atoms with Crippen molar-refractivity contribution in [1.82, 2.24) is 18.2 Å². The lowest BCUT2D eigenvalue weighted by Gasteiger charge is -2.21. The molecule has 8 nitrogen and oxygen atoms in total. The second kappa shape index (κ2) is 8.78. The van der Waals surface area contributed by atoms with Crippen LogP contribution in [0.15, 0.2) is 70.7 Å². The number of aryl methyl sites for hydroxylation is 2. The molecule has 1 aliphatic heterocycles. The number of sulfonamides is 2. The average Bonchev–Trinajstić information content (AvgIpc) is 2.99. The number of hydrogen-bond acceptors (Lipinski definition) is 5. The second-order valence-electron chi connectivity index (χ2n) is 7.79. The first kappa shape index (κ1) is 22.7. The van der Waals surface area contributed by atoms with Crippen LogP contribution >= 0.6 is 0 Å². The number of hydrogen-bond donors (Lipinski definition) is 0. The molecule has 10 heteroatoms. The van der Waals surface area contributed by atoms with Gasteiger partial charge in [-0.1, -0.05) is 42.5 Å². The summed E-state index contributed by atoms with van der Waals surface area (Å²) < 4.78 is 56.7. The maximum atomic E-state index is 13.2. The molecular formula is C22H26N4O4S2. The van der Waals surface area contributed by atoms with Gasteiger partial charge in [-0.25, -0.2) is 21.8 Å². The van der Waals surface area contributed by atoms with Crippen molar-refractivity contribution in [3.63, 3.8) is 0 Å². The Morgan fingerprint density at radius 1 is 0.750 bits per heavy atom. The van der Waals surface area contributed by atoms with Gasteiger partial charge in [0.15, 0.2) is 5.03 Å². The fourth-order valence-electron chi connectivity index (χ4n) is 3.73. The van der Waals surface area contributed by atoms with Crippen molar-refractivity contribution >= 4 is 20.0 Å². The molecule has 0 spiro atoms. The van der Waals surface area contributed by atoms with Crippen molar-refractivity contribution in [3.05, 3.63) is 66.6 Å². The molecule has 0 aliphatic carbocycles. The lowest BCUT2D eigenvalue weighted by Crippen LogP contribution is -2.37. The molecule has 1 saturated heterocycles. The maximum absolute atomic E-state index is 13.2. The first-order chi connectivity index (χ1) is 15.2. The van der Waals surface area contributed by atoms with E-state index in [2.05, 4.69) is 4.98 Å². The van der Waals surface area contributed by atoms with Crippen LogP contribution in [0.4, 0.5) is 0 Å². The summed E-state index contributed by atoms with van der Waals surface area (Å²) in [6.45, 7) is 2.42. The molecule has 0 radical (unpaired) electrons. The summed E-state index contributed by atoms with van der Waals surface area (Å²) in [5, 5.41) is -0.00897. The number of aromatic nitrogens is 2. The quantitative estimate of drug-likeness (QED) is 0.566. The van der Waals surface area contributed by atoms with Gasteiger partial charge in [0.05, 0.1) is 4.90 Å². The zero-order valence-corrected chi connectivity index (χ0v) is 19.7. The normalized spacial score (nSPS) is 16.7. The van der Waals surface area contributed by atoms with Gasteiger partial charge in [-0.15, -0.1) is 0 Å². The van der Waals surface area contributed by atoms with E-state index in [-0.39, 0.29) is 36.1 Å². The fraction of sp³-hybridized carbons (Fsp3) is 0.318.